The lowest BCUT2D eigenvalue weighted by Gasteiger charge is -2.13. The fourth-order valence-electron chi connectivity index (χ4n) is 2.56. The number of hydrogen-bond donors (Lipinski definition) is 1. The molecule has 0 unspecified atom stereocenters. The van der Waals surface area contributed by atoms with Crippen LogP contribution in [-0.4, -0.2) is 35.9 Å². The molecule has 1 atom stereocenters. The third kappa shape index (κ3) is 4.00. The van der Waals surface area contributed by atoms with Crippen molar-refractivity contribution in [1.29, 1.82) is 0 Å². The largest absolute Gasteiger partial charge is 0.465 e. The molecule has 1 aromatic carbocycles. The van der Waals surface area contributed by atoms with Gasteiger partial charge in [0.05, 0.1) is 29.0 Å². The Morgan fingerprint density at radius 1 is 1.11 bits per heavy atom. The maximum absolute atomic E-state index is 13.3. The smallest absolute Gasteiger partial charge is 0.340 e. The minimum absolute atomic E-state index is 0.0737. The first kappa shape index (κ1) is 20.6. The molecule has 0 radical (unpaired) electrons. The van der Waals surface area contributed by atoms with Gasteiger partial charge in [0, 0.05) is 5.69 Å². The van der Waals surface area contributed by atoms with Crippen LogP contribution in [-0.2, 0) is 9.47 Å². The van der Waals surface area contributed by atoms with E-state index in [1.165, 1.54) is 14.0 Å². The standard InChI is InChI=1S/C18H16ClF2NO5/c1-7-14(18(25)26-4)8(2)22-15(7)16(23)9(3)27-17(24)10-5-12(20)13(21)6-11(10)19/h5-6,9,22H,1-4H3/t9-/m0/s1. The number of ketones is 1. The second-order valence-corrected chi connectivity index (χ2v) is 6.18. The number of rotatable bonds is 5. The van der Waals surface area contributed by atoms with Crippen LogP contribution in [0.1, 0.15) is 49.4 Å². The Hall–Kier alpha value is -2.74. The lowest BCUT2D eigenvalue weighted by Crippen LogP contribution is -2.25. The fraction of sp³-hybridized carbons (Fsp3) is 0.278. The number of ether oxygens (including phenoxy) is 2. The number of aryl methyl sites for hydroxylation is 1. The van der Waals surface area contributed by atoms with E-state index < -0.39 is 41.0 Å². The van der Waals surface area contributed by atoms with Crippen LogP contribution < -0.4 is 0 Å². The van der Waals surface area contributed by atoms with Crippen molar-refractivity contribution in [2.45, 2.75) is 26.9 Å². The van der Waals surface area contributed by atoms with Gasteiger partial charge in [-0.25, -0.2) is 18.4 Å². The monoisotopic (exact) mass is 399 g/mol. The lowest BCUT2D eigenvalue weighted by molar-refractivity contribution is 0.0316. The van der Waals surface area contributed by atoms with Crippen molar-refractivity contribution >= 4 is 29.3 Å². The van der Waals surface area contributed by atoms with Gasteiger partial charge in [-0.1, -0.05) is 11.6 Å². The number of aromatic nitrogens is 1. The minimum Gasteiger partial charge on any atom is -0.465 e. The number of carbonyl (C=O) groups is 3. The van der Waals surface area contributed by atoms with Gasteiger partial charge in [0.25, 0.3) is 0 Å². The van der Waals surface area contributed by atoms with Crippen molar-refractivity contribution in [3.63, 3.8) is 0 Å². The molecule has 27 heavy (non-hydrogen) atoms. The number of nitrogens with one attached hydrogen (secondary N) is 1. The third-order valence-corrected chi connectivity index (χ3v) is 4.27. The SMILES string of the molecule is COC(=O)c1c(C)[nH]c(C(=O)[C@H](C)OC(=O)c2cc(F)c(F)cc2Cl)c1C. The van der Waals surface area contributed by atoms with Crippen LogP contribution in [0.2, 0.25) is 5.02 Å². The number of H-pyrrole nitrogens is 1. The summed E-state index contributed by atoms with van der Waals surface area (Å²) >= 11 is 5.73. The summed E-state index contributed by atoms with van der Waals surface area (Å²) in [6.45, 7) is 4.44. The number of methoxy groups -OCH3 is 1. The molecule has 144 valence electrons. The van der Waals surface area contributed by atoms with Crippen molar-refractivity contribution < 1.29 is 32.6 Å². The average Bonchev–Trinajstić information content (AvgIpc) is 2.90. The summed E-state index contributed by atoms with van der Waals surface area (Å²) in [7, 11) is 1.21. The molecule has 0 aliphatic carbocycles. The van der Waals surface area contributed by atoms with Crippen LogP contribution in [0, 0.1) is 25.5 Å². The van der Waals surface area contributed by atoms with Crippen LogP contribution in [0.5, 0.6) is 0 Å². The van der Waals surface area contributed by atoms with E-state index >= 15 is 0 Å². The fourth-order valence-corrected chi connectivity index (χ4v) is 2.79. The number of halogens is 3. The summed E-state index contributed by atoms with van der Waals surface area (Å²) in [6, 6.07) is 1.23. The summed E-state index contributed by atoms with van der Waals surface area (Å²) < 4.78 is 36.1. The van der Waals surface area contributed by atoms with Gasteiger partial charge in [-0.3, -0.25) is 4.79 Å². The Kier molecular flexibility index (Phi) is 6.00. The number of benzene rings is 1. The number of esters is 2. The molecule has 0 spiro atoms. The van der Waals surface area contributed by atoms with Crippen LogP contribution in [0.15, 0.2) is 12.1 Å². The molecule has 2 aromatic rings. The highest BCUT2D eigenvalue weighted by atomic mass is 35.5. The Morgan fingerprint density at radius 3 is 2.30 bits per heavy atom. The van der Waals surface area contributed by atoms with Crippen LogP contribution in [0.3, 0.4) is 0 Å². The normalized spacial score (nSPS) is 11.8. The van der Waals surface area contributed by atoms with E-state index in [4.69, 9.17) is 16.3 Å². The third-order valence-electron chi connectivity index (χ3n) is 3.96. The summed E-state index contributed by atoms with van der Waals surface area (Å²) in [4.78, 5) is 39.3. The highest BCUT2D eigenvalue weighted by Gasteiger charge is 2.28. The van der Waals surface area contributed by atoms with E-state index in [-0.39, 0.29) is 16.3 Å². The van der Waals surface area contributed by atoms with E-state index in [9.17, 15) is 23.2 Å². The molecule has 2 rings (SSSR count). The van der Waals surface area contributed by atoms with Gasteiger partial charge in [0.15, 0.2) is 17.7 Å². The molecule has 0 saturated carbocycles. The van der Waals surface area contributed by atoms with Crippen LogP contribution in [0.25, 0.3) is 0 Å². The molecule has 1 heterocycles. The molecule has 1 aromatic heterocycles. The van der Waals surface area contributed by atoms with Crippen LogP contribution in [0.4, 0.5) is 8.78 Å². The quantitative estimate of drug-likeness (QED) is 0.470. The summed E-state index contributed by atoms with van der Waals surface area (Å²) in [5.41, 5.74) is 0.639. The number of hydrogen-bond acceptors (Lipinski definition) is 5. The molecular weight excluding hydrogens is 384 g/mol. The highest BCUT2D eigenvalue weighted by Crippen LogP contribution is 2.23. The molecule has 1 N–H and O–H groups in total. The van der Waals surface area contributed by atoms with Gasteiger partial charge >= 0.3 is 11.9 Å². The summed E-state index contributed by atoms with van der Waals surface area (Å²) in [5, 5.41) is -0.349. The van der Waals surface area contributed by atoms with E-state index in [2.05, 4.69) is 9.72 Å². The number of carbonyl (C=O) groups excluding carboxylic acids is 3. The topological polar surface area (TPSA) is 85.5 Å². The Morgan fingerprint density at radius 2 is 1.70 bits per heavy atom. The predicted molar refractivity (Wildman–Crippen MR) is 92.2 cm³/mol. The maximum Gasteiger partial charge on any atom is 0.340 e. The molecule has 0 saturated heterocycles. The number of aromatic amines is 1. The number of Topliss-reactive ketones (excluding diaryl/α,β-unsaturated/α-hetero) is 1. The Labute approximate surface area is 158 Å². The van der Waals surface area contributed by atoms with E-state index in [1.807, 2.05) is 0 Å². The molecule has 0 amide bonds. The maximum atomic E-state index is 13.3. The molecule has 0 bridgehead atoms. The molecule has 0 aliphatic rings. The molecule has 9 heteroatoms. The van der Waals surface area contributed by atoms with E-state index in [1.54, 1.807) is 13.8 Å². The molecule has 6 nitrogen and oxygen atoms in total. The van der Waals surface area contributed by atoms with Crippen molar-refractivity contribution in [1.82, 2.24) is 4.98 Å². The van der Waals surface area contributed by atoms with Gasteiger partial charge in [-0.15, -0.1) is 0 Å². The summed E-state index contributed by atoms with van der Waals surface area (Å²) in [5.74, 6) is -4.80. The molecular formula is C18H16ClF2NO5. The zero-order valence-corrected chi connectivity index (χ0v) is 15.7. The van der Waals surface area contributed by atoms with Crippen molar-refractivity contribution in [2.24, 2.45) is 0 Å². The first-order valence-corrected chi connectivity index (χ1v) is 8.13. The summed E-state index contributed by atoms with van der Waals surface area (Å²) in [6.07, 6.45) is -1.27. The van der Waals surface area contributed by atoms with Crippen molar-refractivity contribution in [3.05, 3.63) is 56.9 Å². The van der Waals surface area contributed by atoms with Gasteiger partial charge in [0.2, 0.25) is 5.78 Å². The second-order valence-electron chi connectivity index (χ2n) is 5.77. The predicted octanol–water partition coefficient (Wildman–Crippen LogP) is 3.78. The first-order valence-electron chi connectivity index (χ1n) is 7.75. The second kappa shape index (κ2) is 7.87. The zero-order chi connectivity index (χ0) is 20.5. The van der Waals surface area contributed by atoms with E-state index in [0.717, 1.165) is 0 Å². The first-order chi connectivity index (χ1) is 12.6. The average molecular weight is 400 g/mol. The molecule has 0 fully saturated rings. The van der Waals surface area contributed by atoms with Crippen molar-refractivity contribution in [2.75, 3.05) is 7.11 Å². The highest BCUT2D eigenvalue weighted by molar-refractivity contribution is 6.33. The zero-order valence-electron chi connectivity index (χ0n) is 14.9. The van der Waals surface area contributed by atoms with Gasteiger partial charge in [-0.2, -0.15) is 0 Å². The van der Waals surface area contributed by atoms with Crippen LogP contribution >= 0.6 is 11.6 Å². The van der Waals surface area contributed by atoms with Gasteiger partial charge in [-0.05, 0) is 38.5 Å². The van der Waals surface area contributed by atoms with Crippen molar-refractivity contribution in [3.8, 4) is 0 Å². The van der Waals surface area contributed by atoms with Gasteiger partial charge in [0.1, 0.15) is 0 Å². The minimum atomic E-state index is -1.27. The lowest BCUT2D eigenvalue weighted by atomic mass is 10.1. The Balaban J connectivity index is 2.25. The Bertz CT molecular complexity index is 938. The molecule has 0 aliphatic heterocycles. The van der Waals surface area contributed by atoms with E-state index in [0.29, 0.717) is 23.4 Å². The van der Waals surface area contributed by atoms with Gasteiger partial charge < -0.3 is 14.5 Å².